The largest absolute Gasteiger partial charge is 0.476 e. The number of rotatable bonds is 3. The van der Waals surface area contributed by atoms with Gasteiger partial charge in [-0.2, -0.15) is 0 Å². The molecule has 0 aliphatic heterocycles. The first-order valence-electron chi connectivity index (χ1n) is 4.89. The van der Waals surface area contributed by atoms with E-state index in [1.165, 1.54) is 11.3 Å². The third-order valence-corrected chi connectivity index (χ3v) is 2.60. The maximum absolute atomic E-state index is 11.1. The molecular weight excluding hydrogens is 244 g/mol. The first kappa shape index (κ1) is 11.6. The number of imidazole rings is 1. The SMILES string of the molecule is CC(=O)Cc1nc(C(=O)O)c2c(Cl)cccn12. The first-order chi connectivity index (χ1) is 8.00. The van der Waals surface area contributed by atoms with Crippen molar-refractivity contribution >= 4 is 28.9 Å². The highest BCUT2D eigenvalue weighted by Crippen LogP contribution is 2.22. The molecule has 2 aromatic heterocycles. The van der Waals surface area contributed by atoms with Crippen LogP contribution in [0.15, 0.2) is 18.3 Å². The molecule has 1 N–H and O–H groups in total. The van der Waals surface area contributed by atoms with E-state index in [-0.39, 0.29) is 17.9 Å². The molecule has 88 valence electrons. The lowest BCUT2D eigenvalue weighted by molar-refractivity contribution is -0.116. The summed E-state index contributed by atoms with van der Waals surface area (Å²) in [6, 6.07) is 3.26. The second-order valence-corrected chi connectivity index (χ2v) is 4.04. The smallest absolute Gasteiger partial charge is 0.356 e. The fourth-order valence-corrected chi connectivity index (χ4v) is 1.91. The van der Waals surface area contributed by atoms with Crippen LogP contribution in [-0.2, 0) is 11.2 Å². The highest BCUT2D eigenvalue weighted by molar-refractivity contribution is 6.34. The Morgan fingerprint density at radius 1 is 1.53 bits per heavy atom. The third-order valence-electron chi connectivity index (χ3n) is 2.30. The molecular formula is C11H9ClN2O3. The Morgan fingerprint density at radius 3 is 2.82 bits per heavy atom. The number of nitrogens with zero attached hydrogens (tertiary/aromatic N) is 2. The van der Waals surface area contributed by atoms with Gasteiger partial charge >= 0.3 is 5.97 Å². The van der Waals surface area contributed by atoms with Crippen molar-refractivity contribution in [2.24, 2.45) is 0 Å². The van der Waals surface area contributed by atoms with Crippen molar-refractivity contribution in [3.05, 3.63) is 34.9 Å². The number of aromatic carboxylic acids is 1. The van der Waals surface area contributed by atoms with Crippen LogP contribution in [0.25, 0.3) is 5.52 Å². The van der Waals surface area contributed by atoms with E-state index in [9.17, 15) is 9.59 Å². The Bertz CT molecular complexity index is 618. The maximum atomic E-state index is 11.1. The number of carboxylic acids is 1. The van der Waals surface area contributed by atoms with Crippen molar-refractivity contribution in [2.75, 3.05) is 0 Å². The second kappa shape index (κ2) is 4.18. The number of hydrogen-bond acceptors (Lipinski definition) is 3. The van der Waals surface area contributed by atoms with Crippen LogP contribution in [0.4, 0.5) is 0 Å². The molecule has 0 aliphatic carbocycles. The minimum Gasteiger partial charge on any atom is -0.476 e. The topological polar surface area (TPSA) is 71.7 Å². The number of Topliss-reactive ketones (excluding diaryl/α,β-unsaturated/α-hetero) is 1. The molecule has 5 nitrogen and oxygen atoms in total. The van der Waals surface area contributed by atoms with Crippen molar-refractivity contribution in [1.29, 1.82) is 0 Å². The zero-order valence-corrected chi connectivity index (χ0v) is 9.73. The monoisotopic (exact) mass is 252 g/mol. The summed E-state index contributed by atoms with van der Waals surface area (Å²) >= 11 is 5.95. The summed E-state index contributed by atoms with van der Waals surface area (Å²) in [7, 11) is 0. The number of halogens is 1. The molecule has 0 radical (unpaired) electrons. The lowest BCUT2D eigenvalue weighted by atomic mass is 10.3. The first-order valence-corrected chi connectivity index (χ1v) is 5.26. The van der Waals surface area contributed by atoms with Gasteiger partial charge in [0.25, 0.3) is 0 Å². The van der Waals surface area contributed by atoms with E-state index in [2.05, 4.69) is 4.98 Å². The van der Waals surface area contributed by atoms with Crippen LogP contribution in [0.1, 0.15) is 23.2 Å². The number of carbonyl (C=O) groups excluding carboxylic acids is 1. The van der Waals surface area contributed by atoms with E-state index in [4.69, 9.17) is 16.7 Å². The number of hydrogen-bond donors (Lipinski definition) is 1. The number of pyridine rings is 1. The number of ketones is 1. The van der Waals surface area contributed by atoms with Crippen molar-refractivity contribution in [2.45, 2.75) is 13.3 Å². The van der Waals surface area contributed by atoms with Gasteiger partial charge in [-0.25, -0.2) is 9.78 Å². The highest BCUT2D eigenvalue weighted by Gasteiger charge is 2.19. The molecule has 0 fully saturated rings. The number of carbonyl (C=O) groups is 2. The molecule has 2 rings (SSSR count). The Labute approximate surface area is 102 Å². The van der Waals surface area contributed by atoms with Gasteiger partial charge in [-0.15, -0.1) is 0 Å². The van der Waals surface area contributed by atoms with Gasteiger partial charge in [0, 0.05) is 6.20 Å². The fourth-order valence-electron chi connectivity index (χ4n) is 1.66. The fraction of sp³-hybridized carbons (Fsp3) is 0.182. The van der Waals surface area contributed by atoms with Gasteiger partial charge < -0.3 is 9.51 Å². The Kier molecular flexibility index (Phi) is 2.85. The van der Waals surface area contributed by atoms with Crippen molar-refractivity contribution in [3.8, 4) is 0 Å². The molecule has 2 aromatic rings. The molecule has 2 heterocycles. The van der Waals surface area contributed by atoms with Crippen LogP contribution in [0, 0.1) is 0 Å². The van der Waals surface area contributed by atoms with E-state index in [0.717, 1.165) is 0 Å². The van der Waals surface area contributed by atoms with Gasteiger partial charge in [-0.05, 0) is 19.1 Å². The molecule has 0 unspecified atom stereocenters. The predicted molar refractivity (Wildman–Crippen MR) is 61.5 cm³/mol. The Hall–Kier alpha value is -1.88. The summed E-state index contributed by atoms with van der Waals surface area (Å²) in [5.74, 6) is -0.869. The summed E-state index contributed by atoms with van der Waals surface area (Å²) in [6.07, 6.45) is 1.72. The standard InChI is InChI=1S/C11H9ClN2O3/c1-6(15)5-8-13-9(11(16)17)10-7(12)3-2-4-14(8)10/h2-4H,5H2,1H3,(H,16,17). The minimum atomic E-state index is -1.16. The molecule has 17 heavy (non-hydrogen) atoms. The molecule has 0 amide bonds. The van der Waals surface area contributed by atoms with Crippen molar-refractivity contribution < 1.29 is 14.7 Å². The normalized spacial score (nSPS) is 10.7. The summed E-state index contributed by atoms with van der Waals surface area (Å²) in [5, 5.41) is 9.33. The number of carboxylic acid groups (broad SMARTS) is 1. The van der Waals surface area contributed by atoms with E-state index in [1.807, 2.05) is 0 Å². The van der Waals surface area contributed by atoms with Gasteiger partial charge in [0.1, 0.15) is 11.6 Å². The molecule has 0 saturated carbocycles. The molecule has 6 heteroatoms. The van der Waals surface area contributed by atoms with Gasteiger partial charge in [0.05, 0.1) is 17.0 Å². The van der Waals surface area contributed by atoms with Gasteiger partial charge in [-0.1, -0.05) is 11.6 Å². The van der Waals surface area contributed by atoms with Crippen LogP contribution in [0.3, 0.4) is 0 Å². The van der Waals surface area contributed by atoms with Crippen molar-refractivity contribution in [1.82, 2.24) is 9.38 Å². The highest BCUT2D eigenvalue weighted by atomic mass is 35.5. The average molecular weight is 253 g/mol. The number of fused-ring (bicyclic) bond motifs is 1. The zero-order chi connectivity index (χ0) is 12.6. The Morgan fingerprint density at radius 2 is 2.24 bits per heavy atom. The Balaban J connectivity index is 2.75. The summed E-state index contributed by atoms with van der Waals surface area (Å²) < 4.78 is 1.53. The molecule has 0 bridgehead atoms. The van der Waals surface area contributed by atoms with Gasteiger partial charge in [0.2, 0.25) is 0 Å². The lowest BCUT2D eigenvalue weighted by Crippen LogP contribution is -2.02. The van der Waals surface area contributed by atoms with Crippen LogP contribution >= 0.6 is 11.6 Å². The number of aromatic nitrogens is 2. The minimum absolute atomic E-state index is 0.0782. The van der Waals surface area contributed by atoms with E-state index in [1.54, 1.807) is 18.3 Å². The van der Waals surface area contributed by atoms with Gasteiger partial charge in [0.15, 0.2) is 5.69 Å². The zero-order valence-electron chi connectivity index (χ0n) is 8.98. The molecule has 0 spiro atoms. The molecule has 0 atom stereocenters. The van der Waals surface area contributed by atoms with Crippen LogP contribution in [0.2, 0.25) is 5.02 Å². The predicted octanol–water partition coefficient (Wildman–Crippen LogP) is 1.82. The average Bonchev–Trinajstić information content (AvgIpc) is 2.58. The third kappa shape index (κ3) is 2.01. The van der Waals surface area contributed by atoms with Crippen LogP contribution in [-0.4, -0.2) is 26.2 Å². The molecule has 0 aliphatic rings. The lowest BCUT2D eigenvalue weighted by Gasteiger charge is -1.99. The quantitative estimate of drug-likeness (QED) is 0.904. The van der Waals surface area contributed by atoms with E-state index >= 15 is 0 Å². The summed E-state index contributed by atoms with van der Waals surface area (Å²) in [6.45, 7) is 1.42. The van der Waals surface area contributed by atoms with E-state index < -0.39 is 5.97 Å². The summed E-state index contributed by atoms with van der Waals surface area (Å²) in [5.41, 5.74) is 0.185. The summed E-state index contributed by atoms with van der Waals surface area (Å²) in [4.78, 5) is 26.1. The van der Waals surface area contributed by atoms with Crippen molar-refractivity contribution in [3.63, 3.8) is 0 Å². The molecule has 0 aromatic carbocycles. The second-order valence-electron chi connectivity index (χ2n) is 3.64. The van der Waals surface area contributed by atoms with Crippen LogP contribution in [0.5, 0.6) is 0 Å². The maximum Gasteiger partial charge on any atom is 0.356 e. The molecule has 0 saturated heterocycles. The van der Waals surface area contributed by atoms with E-state index in [0.29, 0.717) is 16.4 Å². The van der Waals surface area contributed by atoms with Gasteiger partial charge in [-0.3, -0.25) is 4.79 Å². The van der Waals surface area contributed by atoms with Crippen LogP contribution < -0.4 is 0 Å².